The molecule has 2 aromatic rings. The largest absolute Gasteiger partial charge is 0.490 e. The van der Waals surface area contributed by atoms with E-state index in [0.717, 1.165) is 36.3 Å². The SMILES string of the molecule is CCCCOCC(C)[C@@H](C)Oc1ccc(-c2ccc(C(=O)O)cc2)cc1. The smallest absolute Gasteiger partial charge is 0.335 e. The highest BCUT2D eigenvalue weighted by atomic mass is 16.5. The van der Waals surface area contributed by atoms with Gasteiger partial charge in [0.1, 0.15) is 11.9 Å². The van der Waals surface area contributed by atoms with Crippen LogP contribution in [0.4, 0.5) is 0 Å². The van der Waals surface area contributed by atoms with E-state index in [1.54, 1.807) is 12.1 Å². The molecule has 0 amide bonds. The molecule has 0 aliphatic rings. The van der Waals surface area contributed by atoms with Crippen molar-refractivity contribution in [1.82, 2.24) is 0 Å². The molecule has 0 aliphatic heterocycles. The Bertz CT molecular complexity index is 676. The Morgan fingerprint density at radius 2 is 1.58 bits per heavy atom. The zero-order chi connectivity index (χ0) is 18.9. The number of rotatable bonds is 10. The maximum Gasteiger partial charge on any atom is 0.335 e. The van der Waals surface area contributed by atoms with Crippen LogP contribution >= 0.6 is 0 Å². The van der Waals surface area contributed by atoms with Crippen LogP contribution in [0.1, 0.15) is 44.0 Å². The molecular formula is C22H28O4. The lowest BCUT2D eigenvalue weighted by molar-refractivity contribution is 0.0535. The van der Waals surface area contributed by atoms with Gasteiger partial charge in [-0.1, -0.05) is 44.5 Å². The molecule has 2 atom stereocenters. The predicted octanol–water partition coefficient (Wildman–Crippen LogP) is 5.27. The van der Waals surface area contributed by atoms with E-state index in [4.69, 9.17) is 14.6 Å². The minimum Gasteiger partial charge on any atom is -0.490 e. The lowest BCUT2D eigenvalue weighted by Crippen LogP contribution is -2.25. The van der Waals surface area contributed by atoms with E-state index >= 15 is 0 Å². The number of benzene rings is 2. The van der Waals surface area contributed by atoms with E-state index in [9.17, 15) is 4.79 Å². The third kappa shape index (κ3) is 5.88. The second-order valence-electron chi connectivity index (χ2n) is 6.64. The van der Waals surface area contributed by atoms with Crippen LogP contribution in [0, 0.1) is 5.92 Å². The molecule has 0 saturated heterocycles. The van der Waals surface area contributed by atoms with E-state index in [1.165, 1.54) is 0 Å². The molecule has 0 aliphatic carbocycles. The molecule has 2 rings (SSSR count). The van der Waals surface area contributed by atoms with Gasteiger partial charge in [0.15, 0.2) is 0 Å². The normalized spacial score (nSPS) is 13.2. The van der Waals surface area contributed by atoms with Gasteiger partial charge in [0.05, 0.1) is 12.2 Å². The highest BCUT2D eigenvalue weighted by Crippen LogP contribution is 2.24. The Hall–Kier alpha value is -2.33. The summed E-state index contributed by atoms with van der Waals surface area (Å²) in [5.41, 5.74) is 2.29. The summed E-state index contributed by atoms with van der Waals surface area (Å²) in [6.45, 7) is 7.86. The second kappa shape index (κ2) is 9.97. The molecule has 0 fully saturated rings. The monoisotopic (exact) mass is 356 g/mol. The maximum atomic E-state index is 10.9. The van der Waals surface area contributed by atoms with Crippen molar-refractivity contribution >= 4 is 5.97 Å². The maximum absolute atomic E-state index is 10.9. The van der Waals surface area contributed by atoms with Gasteiger partial charge in [-0.2, -0.15) is 0 Å². The van der Waals surface area contributed by atoms with Crippen LogP contribution in [0.2, 0.25) is 0 Å². The molecule has 0 aromatic heterocycles. The number of ether oxygens (including phenoxy) is 2. The third-order valence-corrected chi connectivity index (χ3v) is 4.47. The number of unbranched alkanes of at least 4 members (excludes halogenated alkanes) is 1. The Kier molecular flexibility index (Phi) is 7.67. The van der Waals surface area contributed by atoms with E-state index in [2.05, 4.69) is 20.8 Å². The molecule has 2 aromatic carbocycles. The Morgan fingerprint density at radius 3 is 2.12 bits per heavy atom. The summed E-state index contributed by atoms with van der Waals surface area (Å²) in [5.74, 6) is 0.223. The molecule has 0 bridgehead atoms. The van der Waals surface area contributed by atoms with Crippen LogP contribution in [-0.2, 0) is 4.74 Å². The summed E-state index contributed by atoms with van der Waals surface area (Å²) >= 11 is 0. The van der Waals surface area contributed by atoms with Gasteiger partial charge in [0, 0.05) is 12.5 Å². The fraction of sp³-hybridized carbons (Fsp3) is 0.409. The fourth-order valence-corrected chi connectivity index (χ4v) is 2.51. The number of carbonyl (C=O) groups is 1. The number of carboxylic acid groups (broad SMARTS) is 1. The average molecular weight is 356 g/mol. The lowest BCUT2D eigenvalue weighted by atomic mass is 10.0. The standard InChI is InChI=1S/C22H28O4/c1-4-5-14-25-15-16(2)17(3)26-21-12-10-19(11-13-21)18-6-8-20(9-7-18)22(23)24/h6-13,16-17H,4-5,14-15H2,1-3H3,(H,23,24)/t16?,17-/m1/s1. The van der Waals surface area contributed by atoms with Crippen molar-refractivity contribution in [1.29, 1.82) is 0 Å². The third-order valence-electron chi connectivity index (χ3n) is 4.47. The van der Waals surface area contributed by atoms with Crippen molar-refractivity contribution < 1.29 is 19.4 Å². The van der Waals surface area contributed by atoms with Gasteiger partial charge in [0.2, 0.25) is 0 Å². The predicted molar refractivity (Wildman–Crippen MR) is 104 cm³/mol. The first-order chi connectivity index (χ1) is 12.5. The van der Waals surface area contributed by atoms with Gasteiger partial charge in [0.25, 0.3) is 0 Å². The number of hydrogen-bond acceptors (Lipinski definition) is 3. The first-order valence-corrected chi connectivity index (χ1v) is 9.19. The van der Waals surface area contributed by atoms with Crippen molar-refractivity contribution in [2.75, 3.05) is 13.2 Å². The first kappa shape index (κ1) is 20.0. The van der Waals surface area contributed by atoms with Crippen molar-refractivity contribution in [3.63, 3.8) is 0 Å². The number of hydrogen-bond donors (Lipinski definition) is 1. The Balaban J connectivity index is 1.91. The highest BCUT2D eigenvalue weighted by Gasteiger charge is 2.14. The molecule has 0 radical (unpaired) electrons. The molecule has 1 N–H and O–H groups in total. The van der Waals surface area contributed by atoms with E-state index in [1.807, 2.05) is 36.4 Å². The van der Waals surface area contributed by atoms with Gasteiger partial charge in [-0.25, -0.2) is 4.79 Å². The second-order valence-corrected chi connectivity index (χ2v) is 6.64. The summed E-state index contributed by atoms with van der Waals surface area (Å²) in [6, 6.07) is 14.7. The average Bonchev–Trinajstić information content (AvgIpc) is 2.65. The van der Waals surface area contributed by atoms with E-state index < -0.39 is 5.97 Å². The van der Waals surface area contributed by atoms with Gasteiger partial charge < -0.3 is 14.6 Å². The minimum absolute atomic E-state index is 0.0670. The molecule has 0 saturated carbocycles. The molecule has 26 heavy (non-hydrogen) atoms. The molecule has 0 spiro atoms. The molecule has 1 unspecified atom stereocenters. The zero-order valence-electron chi connectivity index (χ0n) is 15.8. The van der Waals surface area contributed by atoms with Crippen LogP contribution in [0.25, 0.3) is 11.1 Å². The summed E-state index contributed by atoms with van der Waals surface area (Å²) in [6.07, 6.45) is 2.31. The molecule has 140 valence electrons. The Morgan fingerprint density at radius 1 is 1.00 bits per heavy atom. The molecule has 4 heteroatoms. The summed E-state index contributed by atoms with van der Waals surface area (Å²) in [4.78, 5) is 10.9. The fourth-order valence-electron chi connectivity index (χ4n) is 2.51. The molecule has 0 heterocycles. The lowest BCUT2D eigenvalue weighted by Gasteiger charge is -2.21. The van der Waals surface area contributed by atoms with Gasteiger partial charge in [-0.05, 0) is 48.7 Å². The topological polar surface area (TPSA) is 55.8 Å². The van der Waals surface area contributed by atoms with Crippen molar-refractivity contribution in [2.24, 2.45) is 5.92 Å². The summed E-state index contributed by atoms with van der Waals surface area (Å²) in [5, 5.41) is 8.97. The van der Waals surface area contributed by atoms with Crippen LogP contribution in [0.15, 0.2) is 48.5 Å². The number of aromatic carboxylic acids is 1. The number of carboxylic acids is 1. The Labute approximate surface area is 155 Å². The van der Waals surface area contributed by atoms with Crippen molar-refractivity contribution in [3.8, 4) is 16.9 Å². The highest BCUT2D eigenvalue weighted by molar-refractivity contribution is 5.88. The minimum atomic E-state index is -0.915. The van der Waals surface area contributed by atoms with E-state index in [0.29, 0.717) is 12.5 Å². The van der Waals surface area contributed by atoms with Gasteiger partial charge >= 0.3 is 5.97 Å². The molecular weight excluding hydrogens is 328 g/mol. The molecule has 4 nitrogen and oxygen atoms in total. The van der Waals surface area contributed by atoms with Crippen LogP contribution in [0.3, 0.4) is 0 Å². The summed E-state index contributed by atoms with van der Waals surface area (Å²) < 4.78 is 11.7. The van der Waals surface area contributed by atoms with Crippen LogP contribution in [-0.4, -0.2) is 30.4 Å². The van der Waals surface area contributed by atoms with Gasteiger partial charge in [-0.3, -0.25) is 0 Å². The zero-order valence-corrected chi connectivity index (χ0v) is 15.8. The van der Waals surface area contributed by atoms with Gasteiger partial charge in [-0.15, -0.1) is 0 Å². The first-order valence-electron chi connectivity index (χ1n) is 9.19. The van der Waals surface area contributed by atoms with Crippen molar-refractivity contribution in [3.05, 3.63) is 54.1 Å². The quantitative estimate of drug-likeness (QED) is 0.589. The van der Waals surface area contributed by atoms with Crippen LogP contribution in [0.5, 0.6) is 5.75 Å². The summed E-state index contributed by atoms with van der Waals surface area (Å²) in [7, 11) is 0. The van der Waals surface area contributed by atoms with Crippen molar-refractivity contribution in [2.45, 2.75) is 39.7 Å². The van der Waals surface area contributed by atoms with Crippen LogP contribution < -0.4 is 4.74 Å². The van der Waals surface area contributed by atoms with E-state index in [-0.39, 0.29) is 11.7 Å².